The van der Waals surface area contributed by atoms with Crippen molar-refractivity contribution in [2.45, 2.75) is 20.8 Å². The standard InChI is InChI=1S/3C6H11NO2.3ClH/c3*1-5(2)6(8)9-4-3-7;;;/h3*1,3-4,7H2,2H3;3*1H. The van der Waals surface area contributed by atoms with E-state index >= 15 is 0 Å². The molecule has 0 atom stereocenters. The molecule has 0 fully saturated rings. The van der Waals surface area contributed by atoms with Crippen molar-refractivity contribution in [3.63, 3.8) is 0 Å². The second-order valence-electron chi connectivity index (χ2n) is 5.11. The van der Waals surface area contributed by atoms with Crippen LogP contribution >= 0.6 is 37.2 Å². The van der Waals surface area contributed by atoms with Crippen LogP contribution in [0.3, 0.4) is 0 Å². The lowest BCUT2D eigenvalue weighted by Crippen LogP contribution is -2.13. The van der Waals surface area contributed by atoms with Crippen LogP contribution in [-0.2, 0) is 28.6 Å². The maximum Gasteiger partial charge on any atom is 0.333 e. The first kappa shape index (κ1) is 42.5. The summed E-state index contributed by atoms with van der Waals surface area (Å²) in [6.07, 6.45) is 0. The molecule has 0 aromatic heterocycles. The number of carbonyl (C=O) groups is 3. The minimum atomic E-state index is -0.375. The smallest absolute Gasteiger partial charge is 0.333 e. The molecule has 0 radical (unpaired) electrons. The molecule has 9 nitrogen and oxygen atoms in total. The van der Waals surface area contributed by atoms with Crippen LogP contribution in [0.25, 0.3) is 0 Å². The van der Waals surface area contributed by atoms with Crippen molar-refractivity contribution in [3.05, 3.63) is 36.5 Å². The summed E-state index contributed by atoms with van der Waals surface area (Å²) < 4.78 is 13.8. The fraction of sp³-hybridized carbons (Fsp3) is 0.500. The van der Waals surface area contributed by atoms with Gasteiger partial charge in [-0.1, -0.05) is 19.7 Å². The Hall–Kier alpha value is -1.62. The second kappa shape index (κ2) is 29.6. The number of nitrogens with two attached hydrogens (primary N) is 3. The molecule has 0 amide bonds. The molecule has 0 saturated heterocycles. The minimum Gasteiger partial charge on any atom is -0.461 e. The van der Waals surface area contributed by atoms with Crippen LogP contribution in [-0.4, -0.2) is 57.4 Å². The van der Waals surface area contributed by atoms with Crippen molar-refractivity contribution in [1.29, 1.82) is 0 Å². The van der Waals surface area contributed by atoms with Crippen LogP contribution in [0.15, 0.2) is 36.5 Å². The van der Waals surface area contributed by atoms with Crippen molar-refractivity contribution >= 4 is 55.1 Å². The monoisotopic (exact) mass is 495 g/mol. The van der Waals surface area contributed by atoms with Gasteiger partial charge in [0.15, 0.2) is 0 Å². The second-order valence-corrected chi connectivity index (χ2v) is 5.11. The molecule has 0 aliphatic carbocycles. The molecule has 30 heavy (non-hydrogen) atoms. The van der Waals surface area contributed by atoms with E-state index in [0.717, 1.165) is 0 Å². The van der Waals surface area contributed by atoms with Crippen LogP contribution < -0.4 is 17.2 Å². The van der Waals surface area contributed by atoms with E-state index in [9.17, 15) is 14.4 Å². The predicted molar refractivity (Wildman–Crippen MR) is 126 cm³/mol. The Labute approximate surface area is 197 Å². The fourth-order valence-corrected chi connectivity index (χ4v) is 0.824. The number of carbonyl (C=O) groups excluding carboxylic acids is 3. The topological polar surface area (TPSA) is 157 Å². The summed E-state index contributed by atoms with van der Waals surface area (Å²) in [5.74, 6) is -1.12. The van der Waals surface area contributed by atoms with Gasteiger partial charge in [-0.05, 0) is 20.8 Å². The molecular formula is C18H36Cl3N3O6. The van der Waals surface area contributed by atoms with E-state index in [1.54, 1.807) is 20.8 Å². The van der Waals surface area contributed by atoms with Gasteiger partial charge in [-0.15, -0.1) is 37.2 Å². The van der Waals surface area contributed by atoms with Gasteiger partial charge in [-0.2, -0.15) is 0 Å². The number of rotatable bonds is 9. The van der Waals surface area contributed by atoms with Crippen molar-refractivity contribution in [2.24, 2.45) is 17.2 Å². The summed E-state index contributed by atoms with van der Waals surface area (Å²) in [6.45, 7) is 16.9. The maximum absolute atomic E-state index is 10.5. The molecule has 0 rings (SSSR count). The first-order chi connectivity index (χ1) is 12.5. The molecule has 6 N–H and O–H groups in total. The lowest BCUT2D eigenvalue weighted by atomic mass is 10.4. The average Bonchev–Trinajstić information content (AvgIpc) is 2.62. The summed E-state index contributed by atoms with van der Waals surface area (Å²) >= 11 is 0. The van der Waals surface area contributed by atoms with Crippen molar-refractivity contribution in [3.8, 4) is 0 Å². The van der Waals surface area contributed by atoms with E-state index < -0.39 is 0 Å². The highest BCUT2D eigenvalue weighted by Crippen LogP contribution is 1.91. The lowest BCUT2D eigenvalue weighted by molar-refractivity contribution is -0.139. The normalized spacial score (nSPS) is 7.80. The maximum atomic E-state index is 10.5. The molecule has 0 bridgehead atoms. The molecule has 0 aliphatic rings. The third-order valence-corrected chi connectivity index (χ3v) is 2.10. The molecule has 0 saturated carbocycles. The first-order valence-electron chi connectivity index (χ1n) is 8.13. The number of halogens is 3. The largest absolute Gasteiger partial charge is 0.461 e. The van der Waals surface area contributed by atoms with Crippen molar-refractivity contribution in [2.75, 3.05) is 39.5 Å². The Kier molecular flexibility index (Phi) is 41.9. The highest BCUT2D eigenvalue weighted by molar-refractivity contribution is 5.87. The summed E-state index contributed by atoms with van der Waals surface area (Å²) in [7, 11) is 0. The molecule has 0 unspecified atom stereocenters. The summed E-state index contributed by atoms with van der Waals surface area (Å²) in [4.78, 5) is 31.6. The Morgan fingerprint density at radius 3 is 0.833 bits per heavy atom. The van der Waals surface area contributed by atoms with Crippen LogP contribution in [0.5, 0.6) is 0 Å². The molecule has 0 aromatic rings. The van der Waals surface area contributed by atoms with Gasteiger partial charge in [0.2, 0.25) is 0 Å². The van der Waals surface area contributed by atoms with Gasteiger partial charge < -0.3 is 31.4 Å². The molecule has 180 valence electrons. The molecule has 12 heteroatoms. The van der Waals surface area contributed by atoms with Gasteiger partial charge >= 0.3 is 17.9 Å². The quantitative estimate of drug-likeness (QED) is 0.244. The minimum absolute atomic E-state index is 0. The van der Waals surface area contributed by atoms with E-state index in [4.69, 9.17) is 17.2 Å². The third-order valence-electron chi connectivity index (χ3n) is 2.10. The highest BCUT2D eigenvalue weighted by atomic mass is 35.5. The SMILES string of the molecule is C=C(C)C(=O)OCCN.C=C(C)C(=O)OCCN.C=C(C)C(=O)OCCN.Cl.Cl.Cl. The van der Waals surface area contributed by atoms with E-state index in [2.05, 4.69) is 33.9 Å². The van der Waals surface area contributed by atoms with Crippen molar-refractivity contribution in [1.82, 2.24) is 0 Å². The highest BCUT2D eigenvalue weighted by Gasteiger charge is 2.00. The van der Waals surface area contributed by atoms with E-state index in [1.165, 1.54) is 0 Å². The fourth-order valence-electron chi connectivity index (χ4n) is 0.824. The van der Waals surface area contributed by atoms with E-state index in [0.29, 0.717) is 36.4 Å². The number of ether oxygens (including phenoxy) is 3. The Morgan fingerprint density at radius 2 is 0.733 bits per heavy atom. The van der Waals surface area contributed by atoms with Gasteiger partial charge in [0.05, 0.1) is 0 Å². The van der Waals surface area contributed by atoms with Crippen LogP contribution in [0.2, 0.25) is 0 Å². The lowest BCUT2D eigenvalue weighted by Gasteiger charge is -1.99. The third kappa shape index (κ3) is 33.9. The van der Waals surface area contributed by atoms with E-state index in [1.807, 2.05) is 0 Å². The van der Waals surface area contributed by atoms with Crippen LogP contribution in [0, 0.1) is 0 Å². The van der Waals surface area contributed by atoms with Gasteiger partial charge in [0.25, 0.3) is 0 Å². The Morgan fingerprint density at radius 1 is 0.567 bits per heavy atom. The Bertz CT molecular complexity index is 446. The zero-order chi connectivity index (χ0) is 21.8. The summed E-state index contributed by atoms with van der Waals surface area (Å²) in [5.41, 5.74) is 16.4. The predicted octanol–water partition coefficient (Wildman–Crippen LogP) is 1.46. The van der Waals surface area contributed by atoms with Crippen LogP contribution in [0.1, 0.15) is 20.8 Å². The number of hydrogen-bond acceptors (Lipinski definition) is 9. The Balaban J connectivity index is -0.0000000686. The summed E-state index contributed by atoms with van der Waals surface area (Å²) in [6, 6.07) is 0. The van der Waals surface area contributed by atoms with Gasteiger partial charge in [-0.3, -0.25) is 0 Å². The van der Waals surface area contributed by atoms with Crippen LogP contribution in [0.4, 0.5) is 0 Å². The molecular weight excluding hydrogens is 461 g/mol. The van der Waals surface area contributed by atoms with Gasteiger partial charge in [0, 0.05) is 36.4 Å². The molecule has 0 heterocycles. The first-order valence-corrected chi connectivity index (χ1v) is 8.13. The van der Waals surface area contributed by atoms with Crippen molar-refractivity contribution < 1.29 is 28.6 Å². The van der Waals surface area contributed by atoms with Gasteiger partial charge in [-0.25, -0.2) is 14.4 Å². The van der Waals surface area contributed by atoms with E-state index in [-0.39, 0.29) is 74.9 Å². The average molecular weight is 497 g/mol. The zero-order valence-corrected chi connectivity index (χ0v) is 20.2. The molecule has 0 aromatic carbocycles. The number of esters is 3. The van der Waals surface area contributed by atoms with Gasteiger partial charge in [0.1, 0.15) is 19.8 Å². The zero-order valence-electron chi connectivity index (χ0n) is 17.8. The molecule has 0 spiro atoms. The number of hydrogen-bond donors (Lipinski definition) is 3. The molecule has 0 aliphatic heterocycles. The summed E-state index contributed by atoms with van der Waals surface area (Å²) in [5, 5.41) is 0.